The van der Waals surface area contributed by atoms with E-state index in [2.05, 4.69) is 38.2 Å². The summed E-state index contributed by atoms with van der Waals surface area (Å²) in [5, 5.41) is 9.64. The minimum atomic E-state index is -0.769. The smallest absolute Gasteiger partial charge is 0.306 e. The molecule has 0 rings (SSSR count). The highest BCUT2D eigenvalue weighted by Gasteiger charge is 2.16. The summed E-state index contributed by atoms with van der Waals surface area (Å²) in [6.45, 7) is 4.18. The first-order valence-electron chi connectivity index (χ1n) is 27.4. The van der Waals surface area contributed by atoms with Gasteiger partial charge < -0.3 is 14.6 Å². The zero-order valence-corrected chi connectivity index (χ0v) is 41.2. The second-order valence-electron chi connectivity index (χ2n) is 18.7. The Morgan fingerprint density at radius 2 is 0.656 bits per heavy atom. The van der Waals surface area contributed by atoms with Crippen LogP contribution in [-0.4, -0.2) is 36.4 Å². The highest BCUT2D eigenvalue weighted by atomic mass is 16.6. The minimum absolute atomic E-state index is 0.0608. The average Bonchev–Trinajstić information content (AvgIpc) is 3.26. The quantitative estimate of drug-likeness (QED) is 0.0375. The fourth-order valence-corrected chi connectivity index (χ4v) is 8.35. The van der Waals surface area contributed by atoms with Gasteiger partial charge in [0.2, 0.25) is 0 Å². The van der Waals surface area contributed by atoms with Crippen LogP contribution in [0.4, 0.5) is 0 Å². The molecule has 0 aromatic heterocycles. The standard InChI is InChI=1S/C56H106O5/c1-3-5-7-9-11-13-15-17-19-21-23-25-27-29-30-32-34-36-38-40-42-44-46-48-50-55(58)60-53-54(52-57)61-56(59)51-49-47-45-43-41-39-37-35-33-31-28-26-24-22-20-18-16-14-12-10-8-6-4-2/h16,18,22,24,54,57H,3-15,17,19-21,23,25-53H2,1-2H3/b18-16-,24-22-. The third-order valence-corrected chi connectivity index (χ3v) is 12.5. The lowest BCUT2D eigenvalue weighted by molar-refractivity contribution is -0.161. The Morgan fingerprint density at radius 1 is 0.377 bits per heavy atom. The van der Waals surface area contributed by atoms with E-state index >= 15 is 0 Å². The average molecular weight is 859 g/mol. The van der Waals surface area contributed by atoms with E-state index in [1.54, 1.807) is 0 Å². The lowest BCUT2D eigenvalue weighted by Gasteiger charge is -2.15. The van der Waals surface area contributed by atoms with Gasteiger partial charge in [-0.25, -0.2) is 0 Å². The Balaban J connectivity index is 3.44. The first-order valence-corrected chi connectivity index (χ1v) is 27.4. The number of carbonyl (C=O) groups excluding carboxylic acids is 2. The lowest BCUT2D eigenvalue weighted by Crippen LogP contribution is -2.28. The molecule has 0 aliphatic carbocycles. The first kappa shape index (κ1) is 59.4. The maximum Gasteiger partial charge on any atom is 0.306 e. The summed E-state index contributed by atoms with van der Waals surface area (Å²) < 4.78 is 10.7. The van der Waals surface area contributed by atoms with Crippen LogP contribution >= 0.6 is 0 Å². The number of aliphatic hydroxyl groups excluding tert-OH is 1. The zero-order valence-electron chi connectivity index (χ0n) is 41.2. The van der Waals surface area contributed by atoms with Crippen LogP contribution < -0.4 is 0 Å². The number of hydrogen-bond acceptors (Lipinski definition) is 5. The molecule has 0 aromatic rings. The molecule has 0 saturated heterocycles. The molecule has 0 aliphatic heterocycles. The second kappa shape index (κ2) is 52.7. The minimum Gasteiger partial charge on any atom is -0.462 e. The van der Waals surface area contributed by atoms with E-state index in [1.165, 1.54) is 238 Å². The van der Waals surface area contributed by atoms with Crippen molar-refractivity contribution in [2.24, 2.45) is 0 Å². The van der Waals surface area contributed by atoms with E-state index < -0.39 is 6.10 Å². The molecule has 1 atom stereocenters. The molecule has 360 valence electrons. The highest BCUT2D eigenvalue weighted by Crippen LogP contribution is 2.17. The number of ether oxygens (including phenoxy) is 2. The molecule has 1 unspecified atom stereocenters. The van der Waals surface area contributed by atoms with Crippen molar-refractivity contribution in [1.82, 2.24) is 0 Å². The summed E-state index contributed by atoms with van der Waals surface area (Å²) in [6, 6.07) is 0. The predicted octanol–water partition coefficient (Wildman–Crippen LogP) is 18.1. The number of unbranched alkanes of at least 4 members (excludes halogenated alkanes) is 39. The van der Waals surface area contributed by atoms with Gasteiger partial charge in [-0.1, -0.05) is 269 Å². The number of esters is 2. The molecule has 0 saturated carbocycles. The van der Waals surface area contributed by atoms with Gasteiger partial charge in [-0.2, -0.15) is 0 Å². The Hall–Kier alpha value is -1.62. The third kappa shape index (κ3) is 50.9. The summed E-state index contributed by atoms with van der Waals surface area (Å²) in [6.07, 6.45) is 65.7. The second-order valence-corrected chi connectivity index (χ2v) is 18.7. The molecule has 0 aromatic carbocycles. The Morgan fingerprint density at radius 3 is 0.967 bits per heavy atom. The molecule has 61 heavy (non-hydrogen) atoms. The van der Waals surface area contributed by atoms with Crippen molar-refractivity contribution in [3.05, 3.63) is 24.3 Å². The van der Waals surface area contributed by atoms with Gasteiger partial charge in [0, 0.05) is 12.8 Å². The van der Waals surface area contributed by atoms with E-state index in [-0.39, 0.29) is 25.2 Å². The van der Waals surface area contributed by atoms with Crippen LogP contribution in [0.2, 0.25) is 0 Å². The van der Waals surface area contributed by atoms with Gasteiger partial charge in [-0.15, -0.1) is 0 Å². The maximum absolute atomic E-state index is 12.3. The topological polar surface area (TPSA) is 72.8 Å². The molecule has 0 spiro atoms. The van der Waals surface area contributed by atoms with Gasteiger partial charge in [-0.3, -0.25) is 9.59 Å². The molecular formula is C56H106O5. The van der Waals surface area contributed by atoms with Gasteiger partial charge in [0.15, 0.2) is 6.10 Å². The summed E-state index contributed by atoms with van der Waals surface area (Å²) in [7, 11) is 0. The number of allylic oxidation sites excluding steroid dienone is 4. The molecule has 5 heteroatoms. The molecule has 5 nitrogen and oxygen atoms in total. The SMILES string of the molecule is CCCCCCC/C=C\C/C=C\CCCCCCCCCCCCCC(=O)OC(CO)COC(=O)CCCCCCCCCCCCCCCCCCCCCCCCCC. The van der Waals surface area contributed by atoms with Crippen LogP contribution in [0, 0.1) is 0 Å². The predicted molar refractivity (Wildman–Crippen MR) is 265 cm³/mol. The molecule has 0 radical (unpaired) electrons. The van der Waals surface area contributed by atoms with E-state index in [0.29, 0.717) is 12.8 Å². The van der Waals surface area contributed by atoms with E-state index in [4.69, 9.17) is 9.47 Å². The number of carbonyl (C=O) groups is 2. The van der Waals surface area contributed by atoms with Crippen molar-refractivity contribution in [1.29, 1.82) is 0 Å². The van der Waals surface area contributed by atoms with E-state index in [0.717, 1.165) is 38.5 Å². The number of aliphatic hydroxyl groups is 1. The van der Waals surface area contributed by atoms with Crippen molar-refractivity contribution >= 4 is 11.9 Å². The largest absolute Gasteiger partial charge is 0.462 e. The molecule has 0 fully saturated rings. The Kier molecular flexibility index (Phi) is 51.3. The van der Waals surface area contributed by atoms with Crippen LogP contribution in [0.1, 0.15) is 303 Å². The molecule has 0 bridgehead atoms. The van der Waals surface area contributed by atoms with Crippen LogP contribution in [0.25, 0.3) is 0 Å². The van der Waals surface area contributed by atoms with Crippen molar-refractivity contribution in [3.63, 3.8) is 0 Å². The van der Waals surface area contributed by atoms with Crippen molar-refractivity contribution in [2.75, 3.05) is 13.2 Å². The lowest BCUT2D eigenvalue weighted by atomic mass is 10.0. The van der Waals surface area contributed by atoms with E-state index in [9.17, 15) is 14.7 Å². The normalized spacial score (nSPS) is 12.2. The fraction of sp³-hybridized carbons (Fsp3) is 0.893. The summed E-state index contributed by atoms with van der Waals surface area (Å²) in [5.41, 5.74) is 0. The zero-order chi connectivity index (χ0) is 44.2. The van der Waals surface area contributed by atoms with E-state index in [1.807, 2.05) is 0 Å². The molecule has 0 heterocycles. The van der Waals surface area contributed by atoms with Crippen LogP contribution in [-0.2, 0) is 19.1 Å². The molecule has 1 N–H and O–H groups in total. The molecule has 0 aliphatic rings. The summed E-state index contributed by atoms with van der Waals surface area (Å²) >= 11 is 0. The van der Waals surface area contributed by atoms with Gasteiger partial charge >= 0.3 is 11.9 Å². The maximum atomic E-state index is 12.3. The monoisotopic (exact) mass is 859 g/mol. The molecule has 0 amide bonds. The summed E-state index contributed by atoms with van der Waals surface area (Å²) in [5.74, 6) is -0.575. The van der Waals surface area contributed by atoms with Gasteiger partial charge in [-0.05, 0) is 44.9 Å². The van der Waals surface area contributed by atoms with Crippen molar-refractivity contribution < 1.29 is 24.2 Å². The van der Waals surface area contributed by atoms with Crippen LogP contribution in [0.3, 0.4) is 0 Å². The Labute approximate surface area is 381 Å². The number of hydrogen-bond donors (Lipinski definition) is 1. The van der Waals surface area contributed by atoms with Gasteiger partial charge in [0.25, 0.3) is 0 Å². The Bertz CT molecular complexity index is 928. The van der Waals surface area contributed by atoms with Crippen molar-refractivity contribution in [2.45, 2.75) is 309 Å². The van der Waals surface area contributed by atoms with Gasteiger partial charge in [0.1, 0.15) is 6.61 Å². The fourth-order valence-electron chi connectivity index (χ4n) is 8.35. The first-order chi connectivity index (χ1) is 30.1. The molecular weight excluding hydrogens is 753 g/mol. The van der Waals surface area contributed by atoms with Gasteiger partial charge in [0.05, 0.1) is 6.61 Å². The number of rotatable bonds is 51. The highest BCUT2D eigenvalue weighted by molar-refractivity contribution is 5.70. The van der Waals surface area contributed by atoms with Crippen LogP contribution in [0.5, 0.6) is 0 Å². The summed E-state index contributed by atoms with van der Waals surface area (Å²) in [4.78, 5) is 24.5. The van der Waals surface area contributed by atoms with Crippen LogP contribution in [0.15, 0.2) is 24.3 Å². The van der Waals surface area contributed by atoms with Crippen molar-refractivity contribution in [3.8, 4) is 0 Å². The third-order valence-electron chi connectivity index (χ3n) is 12.5.